The van der Waals surface area contributed by atoms with Crippen molar-refractivity contribution in [3.05, 3.63) is 53.3 Å². The number of esters is 1. The Morgan fingerprint density at radius 2 is 1.72 bits per heavy atom. The smallest absolute Gasteiger partial charge is 0.306 e. The molecular weight excluding hydrogens is 381 g/mol. The number of ketones is 1. The van der Waals surface area contributed by atoms with Crippen molar-refractivity contribution in [2.24, 2.45) is 0 Å². The number of nitrogens with one attached hydrogen (secondary N) is 1. The van der Waals surface area contributed by atoms with Crippen molar-refractivity contribution in [2.75, 3.05) is 26.1 Å². The SMILES string of the molecule is COc1ccc(CCC(=O)OCC(=O)c2ccc(NC(C)=O)cc2F)cc1OC. The first-order valence-electron chi connectivity index (χ1n) is 8.81. The topological polar surface area (TPSA) is 90.9 Å². The third-order valence-electron chi connectivity index (χ3n) is 4.02. The molecule has 2 aromatic rings. The van der Waals surface area contributed by atoms with Crippen LogP contribution >= 0.6 is 0 Å². The standard InChI is InChI=1S/C21H22FNO6/c1-13(24)23-15-6-7-16(17(22)11-15)18(25)12-29-21(26)9-5-14-4-8-19(27-2)20(10-14)28-3/h4,6-8,10-11H,5,9,12H2,1-3H3,(H,23,24). The number of halogens is 1. The molecule has 0 saturated heterocycles. The number of benzene rings is 2. The molecule has 0 aliphatic heterocycles. The monoisotopic (exact) mass is 403 g/mol. The van der Waals surface area contributed by atoms with Gasteiger partial charge in [-0.15, -0.1) is 0 Å². The van der Waals surface area contributed by atoms with E-state index in [1.807, 2.05) is 0 Å². The van der Waals surface area contributed by atoms with Gasteiger partial charge in [-0.05, 0) is 42.3 Å². The molecule has 1 N–H and O–H groups in total. The van der Waals surface area contributed by atoms with Crippen LogP contribution in [0.15, 0.2) is 36.4 Å². The first-order valence-corrected chi connectivity index (χ1v) is 8.81. The number of amides is 1. The van der Waals surface area contributed by atoms with Crippen LogP contribution in [0.5, 0.6) is 11.5 Å². The van der Waals surface area contributed by atoms with Gasteiger partial charge in [0.15, 0.2) is 18.1 Å². The van der Waals surface area contributed by atoms with E-state index in [1.165, 1.54) is 33.3 Å². The minimum Gasteiger partial charge on any atom is -0.493 e. The van der Waals surface area contributed by atoms with E-state index in [2.05, 4.69) is 5.32 Å². The minimum absolute atomic E-state index is 0.0483. The number of ether oxygens (including phenoxy) is 3. The predicted molar refractivity (Wildman–Crippen MR) is 104 cm³/mol. The number of anilines is 1. The summed E-state index contributed by atoms with van der Waals surface area (Å²) in [6.07, 6.45) is 0.430. The lowest BCUT2D eigenvalue weighted by Crippen LogP contribution is -2.16. The fraction of sp³-hybridized carbons (Fsp3) is 0.286. The lowest BCUT2D eigenvalue weighted by Gasteiger charge is -2.10. The fourth-order valence-electron chi connectivity index (χ4n) is 2.60. The molecule has 0 fully saturated rings. The van der Waals surface area contributed by atoms with Crippen LogP contribution in [0.2, 0.25) is 0 Å². The van der Waals surface area contributed by atoms with E-state index in [-0.39, 0.29) is 23.6 Å². The molecule has 0 radical (unpaired) electrons. The van der Waals surface area contributed by atoms with E-state index >= 15 is 0 Å². The summed E-state index contributed by atoms with van der Waals surface area (Å²) in [6.45, 7) is 0.722. The van der Waals surface area contributed by atoms with Gasteiger partial charge in [0.2, 0.25) is 11.7 Å². The summed E-state index contributed by atoms with van der Waals surface area (Å²) in [5.74, 6) is -1.28. The quantitative estimate of drug-likeness (QED) is 0.511. The molecule has 7 nitrogen and oxygen atoms in total. The molecule has 154 valence electrons. The highest BCUT2D eigenvalue weighted by molar-refractivity contribution is 5.99. The first-order chi connectivity index (χ1) is 13.8. The lowest BCUT2D eigenvalue weighted by molar-refractivity contribution is -0.142. The van der Waals surface area contributed by atoms with Gasteiger partial charge in [0.25, 0.3) is 0 Å². The second-order valence-corrected chi connectivity index (χ2v) is 6.15. The van der Waals surface area contributed by atoms with Crippen LogP contribution in [0.3, 0.4) is 0 Å². The molecule has 0 heterocycles. The Balaban J connectivity index is 1.87. The molecule has 2 aromatic carbocycles. The number of aryl methyl sites for hydroxylation is 1. The highest BCUT2D eigenvalue weighted by atomic mass is 19.1. The summed E-state index contributed by atoms with van der Waals surface area (Å²) in [5.41, 5.74) is 0.857. The summed E-state index contributed by atoms with van der Waals surface area (Å²) in [5, 5.41) is 2.42. The second kappa shape index (κ2) is 10.2. The molecule has 0 atom stereocenters. The van der Waals surface area contributed by atoms with Gasteiger partial charge >= 0.3 is 5.97 Å². The second-order valence-electron chi connectivity index (χ2n) is 6.15. The maximum atomic E-state index is 14.0. The fourth-order valence-corrected chi connectivity index (χ4v) is 2.60. The van der Waals surface area contributed by atoms with Gasteiger partial charge in [0, 0.05) is 19.0 Å². The Morgan fingerprint density at radius 3 is 2.34 bits per heavy atom. The zero-order valence-electron chi connectivity index (χ0n) is 16.4. The molecule has 8 heteroatoms. The number of Topliss-reactive ketones (excluding diaryl/α,β-unsaturated/α-hetero) is 1. The Bertz CT molecular complexity index is 912. The number of hydrogen-bond acceptors (Lipinski definition) is 6. The van der Waals surface area contributed by atoms with Crippen molar-refractivity contribution in [1.82, 2.24) is 0 Å². The Hall–Kier alpha value is -3.42. The molecule has 0 bridgehead atoms. The summed E-state index contributed by atoms with van der Waals surface area (Å²) in [4.78, 5) is 35.0. The van der Waals surface area contributed by atoms with Crippen LogP contribution in [0, 0.1) is 5.82 Å². The number of methoxy groups -OCH3 is 2. The van der Waals surface area contributed by atoms with Crippen molar-refractivity contribution in [3.63, 3.8) is 0 Å². The van der Waals surface area contributed by atoms with Crippen molar-refractivity contribution in [2.45, 2.75) is 19.8 Å². The first kappa shape index (κ1) is 21.9. The minimum atomic E-state index is -0.803. The van der Waals surface area contributed by atoms with E-state index in [1.54, 1.807) is 18.2 Å². The van der Waals surface area contributed by atoms with Gasteiger partial charge < -0.3 is 19.5 Å². The third-order valence-corrected chi connectivity index (χ3v) is 4.02. The van der Waals surface area contributed by atoms with Crippen LogP contribution in [0.1, 0.15) is 29.3 Å². The molecule has 29 heavy (non-hydrogen) atoms. The summed E-state index contributed by atoms with van der Waals surface area (Å²) >= 11 is 0. The summed E-state index contributed by atoms with van der Waals surface area (Å²) < 4.78 is 29.4. The van der Waals surface area contributed by atoms with Gasteiger partial charge in [-0.1, -0.05) is 6.07 Å². The molecule has 0 aromatic heterocycles. The van der Waals surface area contributed by atoms with E-state index in [0.717, 1.165) is 11.6 Å². The molecule has 1 amide bonds. The highest BCUT2D eigenvalue weighted by Crippen LogP contribution is 2.28. The van der Waals surface area contributed by atoms with E-state index in [0.29, 0.717) is 17.9 Å². The van der Waals surface area contributed by atoms with Gasteiger partial charge in [-0.2, -0.15) is 0 Å². The average molecular weight is 403 g/mol. The largest absolute Gasteiger partial charge is 0.493 e. The maximum Gasteiger partial charge on any atom is 0.306 e. The number of hydrogen-bond donors (Lipinski definition) is 1. The van der Waals surface area contributed by atoms with Gasteiger partial charge in [-0.25, -0.2) is 4.39 Å². The molecule has 0 saturated carbocycles. The van der Waals surface area contributed by atoms with E-state index in [9.17, 15) is 18.8 Å². The maximum absolute atomic E-state index is 14.0. The highest BCUT2D eigenvalue weighted by Gasteiger charge is 2.15. The van der Waals surface area contributed by atoms with Gasteiger partial charge in [-0.3, -0.25) is 14.4 Å². The van der Waals surface area contributed by atoms with Gasteiger partial charge in [0.1, 0.15) is 5.82 Å². The Morgan fingerprint density at radius 1 is 1.00 bits per heavy atom. The molecule has 0 aliphatic rings. The van der Waals surface area contributed by atoms with E-state index < -0.39 is 24.2 Å². The van der Waals surface area contributed by atoms with Crippen LogP contribution < -0.4 is 14.8 Å². The Labute approximate surface area is 167 Å². The molecular formula is C21H22FNO6. The van der Waals surface area contributed by atoms with Crippen molar-refractivity contribution < 1.29 is 33.0 Å². The Kier molecular flexibility index (Phi) is 7.70. The van der Waals surface area contributed by atoms with Crippen molar-refractivity contribution in [1.29, 1.82) is 0 Å². The third kappa shape index (κ3) is 6.31. The zero-order chi connectivity index (χ0) is 21.4. The zero-order valence-corrected chi connectivity index (χ0v) is 16.4. The predicted octanol–water partition coefficient (Wildman–Crippen LogP) is 3.16. The van der Waals surface area contributed by atoms with Crippen LogP contribution in [0.4, 0.5) is 10.1 Å². The lowest BCUT2D eigenvalue weighted by atomic mass is 10.1. The van der Waals surface area contributed by atoms with Gasteiger partial charge in [0.05, 0.1) is 19.8 Å². The molecule has 0 unspecified atom stereocenters. The normalized spacial score (nSPS) is 10.2. The van der Waals surface area contributed by atoms with Crippen LogP contribution in [-0.4, -0.2) is 38.5 Å². The summed E-state index contributed by atoms with van der Waals surface area (Å²) in [6, 6.07) is 8.95. The van der Waals surface area contributed by atoms with Crippen LogP contribution in [0.25, 0.3) is 0 Å². The van der Waals surface area contributed by atoms with Crippen molar-refractivity contribution >= 4 is 23.3 Å². The van der Waals surface area contributed by atoms with Crippen molar-refractivity contribution in [3.8, 4) is 11.5 Å². The summed E-state index contributed by atoms with van der Waals surface area (Å²) in [7, 11) is 3.05. The molecule has 2 rings (SSSR count). The average Bonchev–Trinajstić information content (AvgIpc) is 2.69. The number of carbonyl (C=O) groups excluding carboxylic acids is 3. The van der Waals surface area contributed by atoms with E-state index in [4.69, 9.17) is 14.2 Å². The number of carbonyl (C=O) groups is 3. The molecule has 0 spiro atoms. The molecule has 0 aliphatic carbocycles. The van der Waals surface area contributed by atoms with Crippen LogP contribution in [-0.2, 0) is 20.7 Å². The number of rotatable bonds is 9.